The van der Waals surface area contributed by atoms with Gasteiger partial charge in [-0.15, -0.1) is 0 Å². The van der Waals surface area contributed by atoms with Crippen LogP contribution in [-0.2, 0) is 0 Å². The van der Waals surface area contributed by atoms with Crippen molar-refractivity contribution in [1.82, 2.24) is 14.9 Å². The first-order chi connectivity index (χ1) is 9.79. The Kier molecular flexibility index (Phi) is 3.14. The van der Waals surface area contributed by atoms with Crippen molar-refractivity contribution in [1.29, 1.82) is 0 Å². The molecule has 2 bridgehead atoms. The van der Waals surface area contributed by atoms with E-state index >= 15 is 0 Å². The number of hydrogen-bond donors (Lipinski definition) is 0. The molecule has 2 saturated carbocycles. The SMILES string of the molecule is Cc1cc(N2CCN(C3CC4CCC3C4)CC2)ncn1. The average molecular weight is 272 g/mol. The van der Waals surface area contributed by atoms with Gasteiger partial charge in [0.2, 0.25) is 0 Å². The van der Waals surface area contributed by atoms with Crippen LogP contribution in [0, 0.1) is 18.8 Å². The molecular weight excluding hydrogens is 248 g/mol. The van der Waals surface area contributed by atoms with Crippen LogP contribution in [0.15, 0.2) is 12.4 Å². The van der Waals surface area contributed by atoms with Gasteiger partial charge >= 0.3 is 0 Å². The topological polar surface area (TPSA) is 32.3 Å². The predicted octanol–water partition coefficient (Wildman–Crippen LogP) is 2.10. The van der Waals surface area contributed by atoms with Gasteiger partial charge in [0.05, 0.1) is 0 Å². The van der Waals surface area contributed by atoms with Gasteiger partial charge < -0.3 is 4.90 Å². The zero-order valence-corrected chi connectivity index (χ0v) is 12.3. The lowest BCUT2D eigenvalue weighted by molar-refractivity contribution is 0.134. The lowest BCUT2D eigenvalue weighted by Crippen LogP contribution is -2.52. The Morgan fingerprint density at radius 1 is 1.05 bits per heavy atom. The molecule has 108 valence electrons. The van der Waals surface area contributed by atoms with Crippen LogP contribution < -0.4 is 4.90 Å². The molecule has 2 heterocycles. The van der Waals surface area contributed by atoms with Gasteiger partial charge in [-0.2, -0.15) is 0 Å². The second kappa shape index (κ2) is 4.99. The molecule has 3 aliphatic rings. The van der Waals surface area contributed by atoms with Crippen LogP contribution in [0.5, 0.6) is 0 Å². The first-order valence-electron chi connectivity index (χ1n) is 8.07. The number of hydrogen-bond acceptors (Lipinski definition) is 4. The van der Waals surface area contributed by atoms with E-state index < -0.39 is 0 Å². The van der Waals surface area contributed by atoms with Crippen LogP contribution >= 0.6 is 0 Å². The fraction of sp³-hybridized carbons (Fsp3) is 0.750. The summed E-state index contributed by atoms with van der Waals surface area (Å²) < 4.78 is 0. The van der Waals surface area contributed by atoms with Crippen LogP contribution in [0.2, 0.25) is 0 Å². The Bertz CT molecular complexity index is 481. The van der Waals surface area contributed by atoms with Crippen LogP contribution in [-0.4, -0.2) is 47.1 Å². The molecule has 0 amide bonds. The van der Waals surface area contributed by atoms with Crippen molar-refractivity contribution in [3.05, 3.63) is 18.1 Å². The maximum atomic E-state index is 4.42. The molecule has 4 nitrogen and oxygen atoms in total. The Labute approximate surface area is 121 Å². The summed E-state index contributed by atoms with van der Waals surface area (Å²) in [6.07, 6.45) is 7.65. The van der Waals surface area contributed by atoms with Gasteiger partial charge in [0.25, 0.3) is 0 Å². The van der Waals surface area contributed by atoms with Gasteiger partial charge in [-0.1, -0.05) is 6.42 Å². The summed E-state index contributed by atoms with van der Waals surface area (Å²) >= 11 is 0. The van der Waals surface area contributed by atoms with Crippen molar-refractivity contribution in [3.8, 4) is 0 Å². The van der Waals surface area contributed by atoms with Gasteiger partial charge in [0.15, 0.2) is 0 Å². The van der Waals surface area contributed by atoms with E-state index in [0.717, 1.165) is 42.5 Å². The Balaban J connectivity index is 1.38. The molecule has 2 aliphatic carbocycles. The van der Waals surface area contributed by atoms with E-state index in [1.165, 1.54) is 38.8 Å². The maximum absolute atomic E-state index is 4.42. The molecular formula is C16H24N4. The highest BCUT2D eigenvalue weighted by atomic mass is 15.3. The second-order valence-corrected chi connectivity index (χ2v) is 6.78. The third-order valence-corrected chi connectivity index (χ3v) is 5.60. The third kappa shape index (κ3) is 2.20. The van der Waals surface area contributed by atoms with Crippen molar-refractivity contribution in [2.24, 2.45) is 11.8 Å². The number of fused-ring (bicyclic) bond motifs is 2. The maximum Gasteiger partial charge on any atom is 0.132 e. The normalized spacial score (nSPS) is 33.9. The second-order valence-electron chi connectivity index (χ2n) is 6.78. The van der Waals surface area contributed by atoms with Crippen LogP contribution in [0.3, 0.4) is 0 Å². The standard InChI is InChI=1S/C16H24N4/c1-12-8-16(18-11-17-12)20-6-4-19(5-7-20)15-10-13-2-3-14(15)9-13/h8,11,13-15H,2-7,9-10H2,1H3. The summed E-state index contributed by atoms with van der Waals surface area (Å²) in [5.41, 5.74) is 1.06. The molecule has 20 heavy (non-hydrogen) atoms. The summed E-state index contributed by atoms with van der Waals surface area (Å²) in [5, 5.41) is 0. The highest BCUT2D eigenvalue weighted by Gasteiger charge is 2.42. The van der Waals surface area contributed by atoms with Crippen LogP contribution in [0.4, 0.5) is 5.82 Å². The summed E-state index contributed by atoms with van der Waals surface area (Å²) in [6, 6.07) is 3.00. The molecule has 0 radical (unpaired) electrons. The predicted molar refractivity (Wildman–Crippen MR) is 79.8 cm³/mol. The highest BCUT2D eigenvalue weighted by molar-refractivity contribution is 5.39. The zero-order valence-electron chi connectivity index (χ0n) is 12.3. The monoisotopic (exact) mass is 272 g/mol. The third-order valence-electron chi connectivity index (χ3n) is 5.60. The van der Waals surface area contributed by atoms with Crippen molar-refractivity contribution in [2.75, 3.05) is 31.1 Å². The summed E-state index contributed by atoms with van der Waals surface area (Å²) in [5.74, 6) is 3.16. The van der Waals surface area contributed by atoms with Crippen molar-refractivity contribution < 1.29 is 0 Å². The van der Waals surface area contributed by atoms with Crippen LogP contribution in [0.25, 0.3) is 0 Å². The van der Waals surface area contributed by atoms with Gasteiger partial charge in [-0.25, -0.2) is 9.97 Å². The number of aryl methyl sites for hydroxylation is 1. The highest BCUT2D eigenvalue weighted by Crippen LogP contribution is 2.46. The van der Waals surface area contributed by atoms with Crippen molar-refractivity contribution in [2.45, 2.75) is 38.6 Å². The van der Waals surface area contributed by atoms with Gasteiger partial charge in [-0.3, -0.25) is 4.90 Å². The molecule has 0 aromatic carbocycles. The minimum atomic E-state index is 0.892. The molecule has 1 saturated heterocycles. The Hall–Kier alpha value is -1.16. The molecule has 0 N–H and O–H groups in total. The van der Waals surface area contributed by atoms with Gasteiger partial charge in [0.1, 0.15) is 12.1 Å². The summed E-state index contributed by atoms with van der Waals surface area (Å²) in [6.45, 7) is 6.68. The Morgan fingerprint density at radius 3 is 2.55 bits per heavy atom. The number of aromatic nitrogens is 2. The first-order valence-corrected chi connectivity index (χ1v) is 8.07. The average Bonchev–Trinajstić information content (AvgIpc) is 3.10. The number of piperazine rings is 1. The van der Waals surface area contributed by atoms with E-state index in [9.17, 15) is 0 Å². The number of nitrogens with zero attached hydrogens (tertiary/aromatic N) is 4. The smallest absolute Gasteiger partial charge is 0.132 e. The minimum absolute atomic E-state index is 0.892. The Morgan fingerprint density at radius 2 is 1.90 bits per heavy atom. The number of anilines is 1. The quantitative estimate of drug-likeness (QED) is 0.825. The number of rotatable bonds is 2. The molecule has 4 heteroatoms. The van der Waals surface area contributed by atoms with Crippen LogP contribution in [0.1, 0.15) is 31.4 Å². The fourth-order valence-electron chi connectivity index (χ4n) is 4.55. The molecule has 4 rings (SSSR count). The van der Waals surface area contributed by atoms with E-state index in [1.54, 1.807) is 6.33 Å². The molecule has 1 aliphatic heterocycles. The van der Waals surface area contributed by atoms with E-state index in [4.69, 9.17) is 0 Å². The van der Waals surface area contributed by atoms with E-state index in [2.05, 4.69) is 25.8 Å². The van der Waals surface area contributed by atoms with Gasteiger partial charge in [-0.05, 0) is 38.0 Å². The fourth-order valence-corrected chi connectivity index (χ4v) is 4.55. The molecule has 0 spiro atoms. The van der Waals surface area contributed by atoms with E-state index in [1.807, 2.05) is 6.92 Å². The first kappa shape index (κ1) is 12.6. The van der Waals surface area contributed by atoms with E-state index in [-0.39, 0.29) is 0 Å². The van der Waals surface area contributed by atoms with Crippen molar-refractivity contribution in [3.63, 3.8) is 0 Å². The summed E-state index contributed by atoms with van der Waals surface area (Å²) in [7, 11) is 0. The largest absolute Gasteiger partial charge is 0.354 e. The molecule has 3 atom stereocenters. The van der Waals surface area contributed by atoms with Crippen molar-refractivity contribution >= 4 is 5.82 Å². The summed E-state index contributed by atoms with van der Waals surface area (Å²) in [4.78, 5) is 13.8. The molecule has 3 unspecified atom stereocenters. The molecule has 3 fully saturated rings. The van der Waals surface area contributed by atoms with E-state index in [0.29, 0.717) is 0 Å². The lowest BCUT2D eigenvalue weighted by atomic mass is 9.93. The lowest BCUT2D eigenvalue weighted by Gasteiger charge is -2.41. The minimum Gasteiger partial charge on any atom is -0.354 e. The zero-order chi connectivity index (χ0) is 13.5. The molecule has 1 aromatic rings. The molecule has 1 aromatic heterocycles. The van der Waals surface area contributed by atoms with Gasteiger partial charge in [0, 0.05) is 44.0 Å².